The SMILES string of the molecule is O=C(O)c1ccccc1Cc1ccc2ccccc2n1. The molecule has 3 nitrogen and oxygen atoms in total. The molecule has 0 saturated carbocycles. The van der Waals surface area contributed by atoms with Gasteiger partial charge in [0.1, 0.15) is 0 Å². The molecule has 0 aliphatic heterocycles. The summed E-state index contributed by atoms with van der Waals surface area (Å²) in [4.78, 5) is 15.8. The largest absolute Gasteiger partial charge is 0.478 e. The molecule has 0 amide bonds. The quantitative estimate of drug-likeness (QED) is 0.786. The van der Waals surface area contributed by atoms with Crippen LogP contribution in [0, 0.1) is 0 Å². The molecule has 0 spiro atoms. The third kappa shape index (κ3) is 2.38. The summed E-state index contributed by atoms with van der Waals surface area (Å²) in [7, 11) is 0. The standard InChI is InChI=1S/C17H13NO2/c19-17(20)15-7-3-1-6-13(15)11-14-10-9-12-5-2-4-8-16(12)18-14/h1-10H,11H2,(H,19,20). The molecular formula is C17H13NO2. The number of hydrogen-bond acceptors (Lipinski definition) is 2. The van der Waals surface area contributed by atoms with Gasteiger partial charge in [0.2, 0.25) is 0 Å². The highest BCUT2D eigenvalue weighted by Gasteiger charge is 2.10. The summed E-state index contributed by atoms with van der Waals surface area (Å²) >= 11 is 0. The predicted octanol–water partition coefficient (Wildman–Crippen LogP) is 3.52. The zero-order valence-corrected chi connectivity index (χ0v) is 10.8. The Morgan fingerprint density at radius 2 is 1.70 bits per heavy atom. The van der Waals surface area contributed by atoms with Gasteiger partial charge in [-0.3, -0.25) is 4.98 Å². The number of carboxylic acids is 1. The number of aromatic nitrogens is 1. The van der Waals surface area contributed by atoms with Gasteiger partial charge in [-0.15, -0.1) is 0 Å². The van der Waals surface area contributed by atoms with Crippen molar-refractivity contribution in [1.29, 1.82) is 0 Å². The molecule has 3 rings (SSSR count). The van der Waals surface area contributed by atoms with E-state index in [9.17, 15) is 9.90 Å². The molecule has 0 radical (unpaired) electrons. The Labute approximate surface area is 116 Å². The zero-order chi connectivity index (χ0) is 13.9. The van der Waals surface area contributed by atoms with E-state index in [2.05, 4.69) is 4.98 Å². The maximum Gasteiger partial charge on any atom is 0.335 e. The van der Waals surface area contributed by atoms with Gasteiger partial charge in [-0.1, -0.05) is 42.5 Å². The van der Waals surface area contributed by atoms with Crippen LogP contribution in [0.3, 0.4) is 0 Å². The Hall–Kier alpha value is -2.68. The van der Waals surface area contributed by atoms with Gasteiger partial charge in [0.25, 0.3) is 0 Å². The highest BCUT2D eigenvalue weighted by atomic mass is 16.4. The van der Waals surface area contributed by atoms with Gasteiger partial charge in [0.05, 0.1) is 11.1 Å². The number of para-hydroxylation sites is 1. The number of benzene rings is 2. The minimum Gasteiger partial charge on any atom is -0.478 e. The minimum absolute atomic E-state index is 0.336. The van der Waals surface area contributed by atoms with Gasteiger partial charge < -0.3 is 5.11 Å². The lowest BCUT2D eigenvalue weighted by Gasteiger charge is -2.06. The molecule has 98 valence electrons. The Morgan fingerprint density at radius 3 is 2.55 bits per heavy atom. The summed E-state index contributed by atoms with van der Waals surface area (Å²) in [6.07, 6.45) is 0.521. The Balaban J connectivity index is 1.99. The number of aromatic carboxylic acids is 1. The molecule has 1 heterocycles. The second-order valence-corrected chi connectivity index (χ2v) is 4.63. The number of nitrogens with zero attached hydrogens (tertiary/aromatic N) is 1. The molecule has 1 N–H and O–H groups in total. The summed E-state index contributed by atoms with van der Waals surface area (Å²) in [6, 6.07) is 18.9. The van der Waals surface area contributed by atoms with Gasteiger partial charge in [-0.2, -0.15) is 0 Å². The van der Waals surface area contributed by atoms with E-state index >= 15 is 0 Å². The van der Waals surface area contributed by atoms with E-state index in [-0.39, 0.29) is 0 Å². The van der Waals surface area contributed by atoms with Crippen LogP contribution in [0.1, 0.15) is 21.6 Å². The first-order valence-electron chi connectivity index (χ1n) is 6.40. The van der Waals surface area contributed by atoms with Crippen LogP contribution in [-0.2, 0) is 6.42 Å². The molecular weight excluding hydrogens is 250 g/mol. The molecule has 0 atom stereocenters. The topological polar surface area (TPSA) is 50.2 Å². The average Bonchev–Trinajstić information content (AvgIpc) is 2.47. The van der Waals surface area contributed by atoms with Crippen molar-refractivity contribution in [2.24, 2.45) is 0 Å². The average molecular weight is 263 g/mol. The summed E-state index contributed by atoms with van der Waals surface area (Å²) in [6.45, 7) is 0. The van der Waals surface area contributed by atoms with Crippen LogP contribution in [0.15, 0.2) is 60.7 Å². The van der Waals surface area contributed by atoms with Crippen LogP contribution in [0.2, 0.25) is 0 Å². The van der Waals surface area contributed by atoms with E-state index in [4.69, 9.17) is 0 Å². The van der Waals surface area contributed by atoms with Crippen LogP contribution in [0.4, 0.5) is 0 Å². The third-order valence-corrected chi connectivity index (χ3v) is 3.28. The van der Waals surface area contributed by atoms with Gasteiger partial charge in [-0.05, 0) is 23.8 Å². The first-order chi connectivity index (χ1) is 9.74. The molecule has 1 aromatic heterocycles. The molecule has 0 aliphatic rings. The molecule has 2 aromatic carbocycles. The smallest absolute Gasteiger partial charge is 0.335 e. The van der Waals surface area contributed by atoms with Crippen molar-refractivity contribution in [1.82, 2.24) is 4.98 Å². The molecule has 0 bridgehead atoms. The zero-order valence-electron chi connectivity index (χ0n) is 10.8. The fourth-order valence-electron chi connectivity index (χ4n) is 2.28. The summed E-state index contributed by atoms with van der Waals surface area (Å²) in [5.74, 6) is -0.901. The maximum absolute atomic E-state index is 11.2. The van der Waals surface area contributed by atoms with E-state index in [1.54, 1.807) is 12.1 Å². The number of pyridine rings is 1. The normalized spacial score (nSPS) is 10.6. The Kier molecular flexibility index (Phi) is 3.17. The first kappa shape index (κ1) is 12.4. The van der Waals surface area contributed by atoms with Crippen LogP contribution < -0.4 is 0 Å². The molecule has 0 aliphatic carbocycles. The lowest BCUT2D eigenvalue weighted by Crippen LogP contribution is -2.03. The van der Waals surface area contributed by atoms with Crippen molar-refractivity contribution in [2.45, 2.75) is 6.42 Å². The lowest BCUT2D eigenvalue weighted by atomic mass is 10.0. The van der Waals surface area contributed by atoms with Gasteiger partial charge in [-0.25, -0.2) is 4.79 Å². The van der Waals surface area contributed by atoms with Gasteiger partial charge >= 0.3 is 5.97 Å². The molecule has 3 heteroatoms. The second-order valence-electron chi connectivity index (χ2n) is 4.63. The van der Waals surface area contributed by atoms with Crippen molar-refractivity contribution < 1.29 is 9.90 Å². The van der Waals surface area contributed by atoms with E-state index in [1.807, 2.05) is 48.5 Å². The van der Waals surface area contributed by atoms with Crippen LogP contribution in [0.5, 0.6) is 0 Å². The Bertz CT molecular complexity index is 781. The monoisotopic (exact) mass is 263 g/mol. The van der Waals surface area contributed by atoms with Crippen LogP contribution >= 0.6 is 0 Å². The van der Waals surface area contributed by atoms with Crippen LogP contribution in [0.25, 0.3) is 10.9 Å². The minimum atomic E-state index is -0.901. The second kappa shape index (κ2) is 5.13. The number of rotatable bonds is 3. The van der Waals surface area contributed by atoms with Crippen molar-refractivity contribution in [3.05, 3.63) is 77.5 Å². The fourth-order valence-corrected chi connectivity index (χ4v) is 2.28. The van der Waals surface area contributed by atoms with Crippen molar-refractivity contribution >= 4 is 16.9 Å². The Morgan fingerprint density at radius 1 is 0.950 bits per heavy atom. The summed E-state index contributed by atoms with van der Waals surface area (Å²) in [5.41, 5.74) is 2.92. The van der Waals surface area contributed by atoms with E-state index in [0.717, 1.165) is 22.2 Å². The summed E-state index contributed by atoms with van der Waals surface area (Å²) < 4.78 is 0. The number of fused-ring (bicyclic) bond motifs is 1. The first-order valence-corrected chi connectivity index (χ1v) is 6.40. The van der Waals surface area contributed by atoms with Crippen molar-refractivity contribution in [3.8, 4) is 0 Å². The number of carboxylic acid groups (broad SMARTS) is 1. The van der Waals surface area contributed by atoms with Crippen LogP contribution in [-0.4, -0.2) is 16.1 Å². The number of carbonyl (C=O) groups is 1. The van der Waals surface area contributed by atoms with E-state index in [1.165, 1.54) is 0 Å². The van der Waals surface area contributed by atoms with E-state index < -0.39 is 5.97 Å². The molecule has 3 aromatic rings. The van der Waals surface area contributed by atoms with E-state index in [0.29, 0.717) is 12.0 Å². The maximum atomic E-state index is 11.2. The molecule has 0 unspecified atom stereocenters. The summed E-state index contributed by atoms with van der Waals surface area (Å²) in [5, 5.41) is 10.3. The highest BCUT2D eigenvalue weighted by molar-refractivity contribution is 5.89. The highest BCUT2D eigenvalue weighted by Crippen LogP contribution is 2.17. The number of hydrogen-bond donors (Lipinski definition) is 1. The molecule has 0 saturated heterocycles. The molecule has 20 heavy (non-hydrogen) atoms. The van der Waals surface area contributed by atoms with Crippen molar-refractivity contribution in [3.63, 3.8) is 0 Å². The van der Waals surface area contributed by atoms with Gasteiger partial charge in [0, 0.05) is 17.5 Å². The predicted molar refractivity (Wildman–Crippen MR) is 78.0 cm³/mol. The third-order valence-electron chi connectivity index (χ3n) is 3.28. The van der Waals surface area contributed by atoms with Crippen molar-refractivity contribution in [2.75, 3.05) is 0 Å². The molecule has 0 fully saturated rings. The van der Waals surface area contributed by atoms with Gasteiger partial charge in [0.15, 0.2) is 0 Å². The fraction of sp³-hybridized carbons (Fsp3) is 0.0588. The lowest BCUT2D eigenvalue weighted by molar-refractivity contribution is 0.0696.